The van der Waals surface area contributed by atoms with E-state index >= 15 is 0 Å². The van der Waals surface area contributed by atoms with Crippen molar-refractivity contribution in [2.75, 3.05) is 0 Å². The van der Waals surface area contributed by atoms with Gasteiger partial charge in [-0.15, -0.1) is 11.5 Å². The van der Waals surface area contributed by atoms with Gasteiger partial charge in [0, 0.05) is 23.5 Å². The summed E-state index contributed by atoms with van der Waals surface area (Å²) in [6.45, 7) is 11.0. The zero-order valence-corrected chi connectivity index (χ0v) is 8.68. The van der Waals surface area contributed by atoms with Gasteiger partial charge in [-0.2, -0.15) is 0 Å². The van der Waals surface area contributed by atoms with Crippen LogP contribution in [-0.2, 0) is 4.79 Å². The molecule has 1 aliphatic rings. The minimum absolute atomic E-state index is 0.114. The zero-order valence-electron chi connectivity index (χ0n) is 8.68. The van der Waals surface area contributed by atoms with E-state index in [0.717, 1.165) is 16.7 Å². The molecule has 1 rings (SSSR count). The molecule has 14 heavy (non-hydrogen) atoms. The number of carbonyl (C=O) groups is 1. The van der Waals surface area contributed by atoms with E-state index < -0.39 is 0 Å². The second-order valence-electron chi connectivity index (χ2n) is 3.47. The molecule has 1 atom stereocenters. The van der Waals surface area contributed by atoms with Gasteiger partial charge in [0.25, 0.3) is 0 Å². The Morgan fingerprint density at radius 2 is 2.21 bits per heavy atom. The van der Waals surface area contributed by atoms with E-state index in [0.29, 0.717) is 6.42 Å². The molecule has 1 unspecified atom stereocenters. The Kier molecular flexibility index (Phi) is 3.09. The first-order chi connectivity index (χ1) is 6.60. The molecule has 72 valence electrons. The third-order valence-corrected chi connectivity index (χ3v) is 2.51. The van der Waals surface area contributed by atoms with Crippen LogP contribution in [0.4, 0.5) is 0 Å². The van der Waals surface area contributed by atoms with Crippen LogP contribution in [0.2, 0.25) is 0 Å². The molecule has 0 spiro atoms. The lowest BCUT2D eigenvalue weighted by Gasteiger charge is -2.18. The van der Waals surface area contributed by atoms with Crippen molar-refractivity contribution in [3.63, 3.8) is 0 Å². The van der Waals surface area contributed by atoms with Crippen LogP contribution in [-0.4, -0.2) is 5.78 Å². The number of hydrogen-bond acceptors (Lipinski definition) is 1. The molecule has 0 bridgehead atoms. The summed E-state index contributed by atoms with van der Waals surface area (Å²) in [5.41, 5.74) is 8.10. The van der Waals surface area contributed by atoms with Gasteiger partial charge in [0.1, 0.15) is 0 Å². The predicted molar refractivity (Wildman–Crippen MR) is 57.9 cm³/mol. The van der Waals surface area contributed by atoms with Crippen LogP contribution in [0.5, 0.6) is 0 Å². The Hall–Kier alpha value is -1.55. The molecule has 1 aliphatic carbocycles. The summed E-state index contributed by atoms with van der Waals surface area (Å²) in [7, 11) is 0. The standard InChI is InChI=1S/C13H14O/c1-5-9(3)12-7-10(4)11(6-2)8-13(12)14/h7,10H,1-2,8H2,3-4H3. The maximum atomic E-state index is 11.7. The smallest absolute Gasteiger partial charge is 0.168 e. The van der Waals surface area contributed by atoms with Crippen LogP contribution in [0.3, 0.4) is 0 Å². The molecule has 0 saturated carbocycles. The number of hydrogen-bond donors (Lipinski definition) is 0. The van der Waals surface area contributed by atoms with Gasteiger partial charge < -0.3 is 0 Å². The van der Waals surface area contributed by atoms with Crippen molar-refractivity contribution in [3.05, 3.63) is 47.4 Å². The highest BCUT2D eigenvalue weighted by molar-refractivity contribution is 6.01. The van der Waals surface area contributed by atoms with E-state index in [1.165, 1.54) is 0 Å². The maximum absolute atomic E-state index is 11.7. The first-order valence-corrected chi connectivity index (χ1v) is 4.61. The molecule has 0 saturated heterocycles. The fraction of sp³-hybridized carbons (Fsp3) is 0.308. The number of rotatable bonds is 1. The van der Waals surface area contributed by atoms with Crippen molar-refractivity contribution in [1.29, 1.82) is 0 Å². The lowest BCUT2D eigenvalue weighted by atomic mass is 9.84. The molecule has 0 aromatic rings. The maximum Gasteiger partial charge on any atom is 0.168 e. The first-order valence-electron chi connectivity index (χ1n) is 4.61. The van der Waals surface area contributed by atoms with E-state index in [2.05, 4.69) is 24.6 Å². The Labute approximate surface area is 84.8 Å². The SMILES string of the molecule is C=C=C(C)C1=CC(C)C(=C=C)CC1=O. The van der Waals surface area contributed by atoms with Crippen LogP contribution in [0.1, 0.15) is 20.3 Å². The monoisotopic (exact) mass is 186 g/mol. The third kappa shape index (κ3) is 1.85. The normalized spacial score (nSPS) is 21.0. The van der Waals surface area contributed by atoms with E-state index in [1.807, 2.05) is 19.9 Å². The van der Waals surface area contributed by atoms with Gasteiger partial charge in [-0.3, -0.25) is 4.79 Å². The molecular formula is C13H14O. The number of allylic oxidation sites excluding steroid dienone is 4. The van der Waals surface area contributed by atoms with Crippen molar-refractivity contribution in [3.8, 4) is 0 Å². The largest absolute Gasteiger partial charge is 0.294 e. The molecule has 0 aromatic carbocycles. The van der Waals surface area contributed by atoms with E-state index in [9.17, 15) is 4.79 Å². The minimum atomic E-state index is 0.114. The van der Waals surface area contributed by atoms with Crippen LogP contribution >= 0.6 is 0 Å². The highest BCUT2D eigenvalue weighted by Crippen LogP contribution is 2.27. The minimum Gasteiger partial charge on any atom is -0.294 e. The van der Waals surface area contributed by atoms with Gasteiger partial charge in [-0.05, 0) is 12.5 Å². The molecule has 0 radical (unpaired) electrons. The Morgan fingerprint density at radius 3 is 2.71 bits per heavy atom. The Morgan fingerprint density at radius 1 is 1.57 bits per heavy atom. The van der Waals surface area contributed by atoms with Gasteiger partial charge in [-0.1, -0.05) is 26.2 Å². The van der Waals surface area contributed by atoms with E-state index in [-0.39, 0.29) is 11.7 Å². The summed E-state index contributed by atoms with van der Waals surface area (Å²) in [6.07, 6.45) is 2.36. The second kappa shape index (κ2) is 4.11. The van der Waals surface area contributed by atoms with Crippen molar-refractivity contribution in [2.45, 2.75) is 20.3 Å². The molecule has 1 heteroatoms. The van der Waals surface area contributed by atoms with Crippen molar-refractivity contribution >= 4 is 5.78 Å². The van der Waals surface area contributed by atoms with Crippen LogP contribution < -0.4 is 0 Å². The second-order valence-corrected chi connectivity index (χ2v) is 3.47. The zero-order chi connectivity index (χ0) is 10.7. The fourth-order valence-corrected chi connectivity index (χ4v) is 1.53. The quantitative estimate of drug-likeness (QED) is 0.575. The third-order valence-electron chi connectivity index (χ3n) is 2.51. The highest BCUT2D eigenvalue weighted by atomic mass is 16.1. The summed E-state index contributed by atoms with van der Waals surface area (Å²) in [5.74, 6) is 0.353. The molecule has 0 aliphatic heterocycles. The van der Waals surface area contributed by atoms with Gasteiger partial charge in [0.15, 0.2) is 5.78 Å². The van der Waals surface area contributed by atoms with Crippen molar-refractivity contribution < 1.29 is 4.79 Å². The van der Waals surface area contributed by atoms with E-state index in [4.69, 9.17) is 0 Å². The van der Waals surface area contributed by atoms with Crippen LogP contribution in [0.15, 0.2) is 47.4 Å². The van der Waals surface area contributed by atoms with Crippen molar-refractivity contribution in [2.24, 2.45) is 5.92 Å². The summed E-state index contributed by atoms with van der Waals surface area (Å²) < 4.78 is 0. The van der Waals surface area contributed by atoms with Gasteiger partial charge in [0.05, 0.1) is 0 Å². The van der Waals surface area contributed by atoms with E-state index in [1.54, 1.807) is 0 Å². The summed E-state index contributed by atoms with van der Waals surface area (Å²) >= 11 is 0. The van der Waals surface area contributed by atoms with Crippen LogP contribution in [0.25, 0.3) is 0 Å². The van der Waals surface area contributed by atoms with Gasteiger partial charge in [0.2, 0.25) is 0 Å². The number of Topliss-reactive ketones (excluding diaryl/α,β-unsaturated/α-hetero) is 1. The van der Waals surface area contributed by atoms with Crippen LogP contribution in [0, 0.1) is 5.92 Å². The fourth-order valence-electron chi connectivity index (χ4n) is 1.53. The molecular weight excluding hydrogens is 172 g/mol. The number of carbonyl (C=O) groups excluding carboxylic acids is 1. The summed E-state index contributed by atoms with van der Waals surface area (Å²) in [5, 5.41) is 0. The van der Waals surface area contributed by atoms with Gasteiger partial charge in [-0.25, -0.2) is 0 Å². The van der Waals surface area contributed by atoms with Crippen molar-refractivity contribution in [1.82, 2.24) is 0 Å². The predicted octanol–water partition coefficient (Wildman–Crippen LogP) is 2.96. The Balaban J connectivity index is 3.18. The Bertz CT molecular complexity index is 397. The molecule has 1 nitrogen and oxygen atoms in total. The topological polar surface area (TPSA) is 17.1 Å². The molecule has 0 fully saturated rings. The summed E-state index contributed by atoms with van der Waals surface area (Å²) in [6, 6.07) is 0. The molecule has 0 N–H and O–H groups in total. The lowest BCUT2D eigenvalue weighted by molar-refractivity contribution is -0.115. The molecule has 0 amide bonds. The first kappa shape index (κ1) is 10.5. The van der Waals surface area contributed by atoms with Gasteiger partial charge >= 0.3 is 0 Å². The average Bonchev–Trinajstić information content (AvgIpc) is 2.19. The lowest BCUT2D eigenvalue weighted by Crippen LogP contribution is -2.15. The number of ketones is 1. The highest BCUT2D eigenvalue weighted by Gasteiger charge is 2.22. The summed E-state index contributed by atoms with van der Waals surface area (Å²) in [4.78, 5) is 11.7. The molecule has 0 heterocycles. The average molecular weight is 186 g/mol. The molecule has 0 aromatic heterocycles.